The van der Waals surface area contributed by atoms with Crippen LogP contribution in [0.15, 0.2) is 24.5 Å². The van der Waals surface area contributed by atoms with Gasteiger partial charge in [0.1, 0.15) is 11.5 Å². The molecule has 43 heavy (non-hydrogen) atoms. The summed E-state index contributed by atoms with van der Waals surface area (Å²) in [6, 6.07) is 2.73. The smallest absolute Gasteiger partial charge is 0.364 e. The lowest BCUT2D eigenvalue weighted by molar-refractivity contribution is -0.144. The van der Waals surface area contributed by atoms with Gasteiger partial charge in [-0.2, -0.15) is 18.3 Å². The number of aromatic nitrogens is 5. The number of carbonyl (C=O) groups excluding carboxylic acids is 2. The van der Waals surface area contributed by atoms with Gasteiger partial charge in [0.25, 0.3) is 5.91 Å². The molecule has 14 heteroatoms. The van der Waals surface area contributed by atoms with E-state index < -0.39 is 48.7 Å². The summed E-state index contributed by atoms with van der Waals surface area (Å²) in [5, 5.41) is 7.18. The minimum atomic E-state index is -4.43. The average molecular weight is 608 g/mol. The Kier molecular flexibility index (Phi) is 8.41. The molecule has 0 bridgehead atoms. The van der Waals surface area contributed by atoms with Crippen molar-refractivity contribution in [3.63, 3.8) is 0 Å². The second-order valence-electron chi connectivity index (χ2n) is 12.0. The van der Waals surface area contributed by atoms with Crippen LogP contribution in [0.5, 0.6) is 0 Å². The summed E-state index contributed by atoms with van der Waals surface area (Å²) in [4.78, 5) is 38.4. The summed E-state index contributed by atoms with van der Waals surface area (Å²) in [5.74, 6) is -4.83. The van der Waals surface area contributed by atoms with Crippen LogP contribution in [0.4, 0.5) is 22.0 Å². The third kappa shape index (κ3) is 7.45. The summed E-state index contributed by atoms with van der Waals surface area (Å²) in [7, 11) is 0. The normalized spacial score (nSPS) is 19.0. The number of alkyl halides is 5. The number of rotatable bonds is 10. The van der Waals surface area contributed by atoms with E-state index in [0.29, 0.717) is 22.6 Å². The Balaban J connectivity index is 1.50. The molecular weight excluding hydrogens is 573 g/mol. The van der Waals surface area contributed by atoms with Gasteiger partial charge < -0.3 is 11.1 Å². The fourth-order valence-electron chi connectivity index (χ4n) is 5.66. The Morgan fingerprint density at radius 1 is 1.05 bits per heavy atom. The van der Waals surface area contributed by atoms with Gasteiger partial charge >= 0.3 is 6.18 Å². The zero-order chi connectivity index (χ0) is 31.1. The molecule has 2 amide bonds. The zero-order valence-corrected chi connectivity index (χ0v) is 23.9. The van der Waals surface area contributed by atoms with Crippen LogP contribution in [-0.4, -0.2) is 48.5 Å². The Labute approximate surface area is 244 Å². The van der Waals surface area contributed by atoms with Crippen molar-refractivity contribution in [2.24, 2.45) is 17.6 Å². The molecule has 0 radical (unpaired) electrons. The lowest BCUT2D eigenvalue weighted by atomic mass is 9.77. The van der Waals surface area contributed by atoms with Crippen LogP contribution in [0, 0.1) is 11.8 Å². The molecule has 5 rings (SSSR count). The standard InChI is InChI=1S/C29H34F5N7O2/c1-15(2)19-12-20(26(35)43)39-27(38-19)24(16-5-8-28(30,31)9-6-16)21-14-41-22(37-21)11-18(13-36-41)25(17-3-4-17)40-23(42)7-10-29(32,33)34/h11-17,24-25H,3-10H2,1-2H3,(H2,35,43)(H,40,42)/t24-,25+/m0/s1. The first kappa shape index (κ1) is 30.7. The van der Waals surface area contributed by atoms with Gasteiger partial charge in [-0.3, -0.25) is 9.59 Å². The maximum atomic E-state index is 14.1. The van der Waals surface area contributed by atoms with Crippen molar-refractivity contribution in [1.82, 2.24) is 29.9 Å². The Morgan fingerprint density at radius 3 is 2.35 bits per heavy atom. The molecule has 3 aromatic heterocycles. The summed E-state index contributed by atoms with van der Waals surface area (Å²) in [6.07, 6.45) is -1.67. The summed E-state index contributed by atoms with van der Waals surface area (Å²) in [5.41, 5.74) is 7.68. The molecule has 2 saturated carbocycles. The molecule has 0 saturated heterocycles. The maximum Gasteiger partial charge on any atom is 0.389 e. The highest BCUT2D eigenvalue weighted by molar-refractivity contribution is 5.90. The molecule has 0 aromatic carbocycles. The molecular formula is C29H34F5N7O2. The van der Waals surface area contributed by atoms with Gasteiger partial charge in [-0.1, -0.05) is 13.8 Å². The molecule has 2 fully saturated rings. The molecule has 2 atom stereocenters. The Hall–Kier alpha value is -3.71. The number of fused-ring (bicyclic) bond motifs is 1. The fourth-order valence-corrected chi connectivity index (χ4v) is 5.66. The van der Waals surface area contributed by atoms with E-state index in [9.17, 15) is 31.5 Å². The van der Waals surface area contributed by atoms with Crippen LogP contribution in [0.3, 0.4) is 0 Å². The van der Waals surface area contributed by atoms with Gasteiger partial charge in [0.2, 0.25) is 11.8 Å². The minimum absolute atomic E-state index is 0.0255. The maximum absolute atomic E-state index is 14.1. The van der Waals surface area contributed by atoms with Gasteiger partial charge in [0.05, 0.1) is 36.5 Å². The number of halogens is 5. The predicted octanol–water partition coefficient (Wildman–Crippen LogP) is 5.61. The molecule has 3 heterocycles. The topological polar surface area (TPSA) is 128 Å². The van der Waals surface area contributed by atoms with Crippen molar-refractivity contribution >= 4 is 17.5 Å². The van der Waals surface area contributed by atoms with E-state index in [-0.39, 0.29) is 55.0 Å². The first-order valence-electron chi connectivity index (χ1n) is 14.5. The number of imidazole rings is 1. The zero-order valence-electron chi connectivity index (χ0n) is 23.9. The Bertz CT molecular complexity index is 1490. The summed E-state index contributed by atoms with van der Waals surface area (Å²) in [6.45, 7) is 3.81. The summed E-state index contributed by atoms with van der Waals surface area (Å²) < 4.78 is 67.7. The van der Waals surface area contributed by atoms with Crippen LogP contribution in [0.25, 0.3) is 5.65 Å². The van der Waals surface area contributed by atoms with Crippen LogP contribution < -0.4 is 11.1 Å². The van der Waals surface area contributed by atoms with E-state index in [0.717, 1.165) is 12.8 Å². The average Bonchev–Trinajstić information content (AvgIpc) is 3.69. The van der Waals surface area contributed by atoms with Crippen molar-refractivity contribution in [2.75, 3.05) is 0 Å². The van der Waals surface area contributed by atoms with E-state index in [1.54, 1.807) is 18.5 Å². The van der Waals surface area contributed by atoms with E-state index in [1.165, 1.54) is 10.6 Å². The number of carbonyl (C=O) groups is 2. The third-order valence-electron chi connectivity index (χ3n) is 8.20. The number of nitrogens with two attached hydrogens (primary N) is 1. The number of nitrogens with one attached hydrogen (secondary N) is 1. The highest BCUT2D eigenvalue weighted by Gasteiger charge is 2.41. The number of hydrogen-bond acceptors (Lipinski definition) is 6. The monoisotopic (exact) mass is 607 g/mol. The fraction of sp³-hybridized carbons (Fsp3) is 0.586. The van der Waals surface area contributed by atoms with E-state index in [1.807, 2.05) is 13.8 Å². The lowest BCUT2D eigenvalue weighted by Crippen LogP contribution is -2.30. The molecule has 9 nitrogen and oxygen atoms in total. The third-order valence-corrected chi connectivity index (χ3v) is 8.20. The van der Waals surface area contributed by atoms with Crippen molar-refractivity contribution in [1.29, 1.82) is 0 Å². The molecule has 232 valence electrons. The Morgan fingerprint density at radius 2 is 1.74 bits per heavy atom. The van der Waals surface area contributed by atoms with Crippen molar-refractivity contribution in [2.45, 2.75) is 95.2 Å². The highest BCUT2D eigenvalue weighted by Crippen LogP contribution is 2.45. The first-order valence-corrected chi connectivity index (χ1v) is 14.5. The second-order valence-corrected chi connectivity index (χ2v) is 12.0. The molecule has 0 unspecified atom stereocenters. The highest BCUT2D eigenvalue weighted by atomic mass is 19.4. The molecule has 3 aromatic rings. The van der Waals surface area contributed by atoms with Crippen LogP contribution in [-0.2, 0) is 4.79 Å². The van der Waals surface area contributed by atoms with Crippen LogP contribution in [0.1, 0.15) is 116 Å². The van der Waals surface area contributed by atoms with Gasteiger partial charge in [0.15, 0.2) is 5.65 Å². The van der Waals surface area contributed by atoms with Gasteiger partial charge in [0, 0.05) is 25.0 Å². The number of primary amides is 1. The van der Waals surface area contributed by atoms with Crippen molar-refractivity contribution in [3.05, 3.63) is 53.0 Å². The van der Waals surface area contributed by atoms with Crippen LogP contribution >= 0.6 is 0 Å². The number of amides is 2. The molecule has 0 aliphatic heterocycles. The van der Waals surface area contributed by atoms with E-state index in [4.69, 9.17) is 15.7 Å². The second kappa shape index (κ2) is 11.8. The summed E-state index contributed by atoms with van der Waals surface area (Å²) >= 11 is 0. The largest absolute Gasteiger partial charge is 0.389 e. The predicted molar refractivity (Wildman–Crippen MR) is 145 cm³/mol. The number of nitrogens with zero attached hydrogens (tertiary/aromatic N) is 5. The molecule has 0 spiro atoms. The van der Waals surface area contributed by atoms with Gasteiger partial charge in [-0.05, 0) is 61.1 Å². The van der Waals surface area contributed by atoms with Gasteiger partial charge in [-0.15, -0.1) is 0 Å². The van der Waals surface area contributed by atoms with E-state index >= 15 is 0 Å². The van der Waals surface area contributed by atoms with Gasteiger partial charge in [-0.25, -0.2) is 28.2 Å². The lowest BCUT2D eigenvalue weighted by Gasteiger charge is -2.32. The van der Waals surface area contributed by atoms with Crippen molar-refractivity contribution in [3.8, 4) is 0 Å². The van der Waals surface area contributed by atoms with Crippen molar-refractivity contribution < 1.29 is 31.5 Å². The SMILES string of the molecule is CC(C)c1cc(C(N)=O)nc([C@H](c2cn3ncc([C@H](NC(=O)CCC(F)(F)F)C4CC4)cc3n2)C2CCC(F)(F)CC2)n1. The molecule has 2 aliphatic carbocycles. The quantitative estimate of drug-likeness (QED) is 0.289. The molecule has 3 N–H and O–H groups in total. The first-order chi connectivity index (χ1) is 20.2. The molecule has 2 aliphatic rings. The number of hydrogen-bond donors (Lipinski definition) is 2. The van der Waals surface area contributed by atoms with Crippen LogP contribution in [0.2, 0.25) is 0 Å². The van der Waals surface area contributed by atoms with E-state index in [2.05, 4.69) is 15.4 Å². The minimum Gasteiger partial charge on any atom is -0.364 e.